The van der Waals surface area contributed by atoms with E-state index in [4.69, 9.17) is 0 Å². The standard InChI is InChI=1S/C24H29F4N3O4S/c1-5-16(2)29-23(33)17(3)30(14-18-9-6-7-12-21(18)25)22(32)15-31(36(4,34)35)20-11-8-10-19(13-20)24(26,27)28/h6-13,16-17H,5,14-15H2,1-4H3,(H,29,33)/t16-,17-/m0/s1. The van der Waals surface area contributed by atoms with Crippen LogP contribution in [0.1, 0.15) is 38.3 Å². The number of hydrogen-bond donors (Lipinski definition) is 1. The van der Waals surface area contributed by atoms with E-state index < -0.39 is 52.0 Å². The first kappa shape index (κ1) is 29.1. The first-order valence-electron chi connectivity index (χ1n) is 11.1. The highest BCUT2D eigenvalue weighted by atomic mass is 32.2. The third-order valence-electron chi connectivity index (χ3n) is 5.61. The average molecular weight is 532 g/mol. The Balaban J connectivity index is 2.45. The zero-order valence-corrected chi connectivity index (χ0v) is 21.2. The summed E-state index contributed by atoms with van der Waals surface area (Å²) in [6.45, 7) is 3.76. The van der Waals surface area contributed by atoms with Gasteiger partial charge in [-0.05, 0) is 44.5 Å². The lowest BCUT2D eigenvalue weighted by atomic mass is 10.1. The number of carbonyl (C=O) groups is 2. The monoisotopic (exact) mass is 531 g/mol. The molecular formula is C24H29F4N3O4S. The van der Waals surface area contributed by atoms with Crippen LogP contribution >= 0.6 is 0 Å². The van der Waals surface area contributed by atoms with Crippen molar-refractivity contribution in [2.45, 2.75) is 52.0 Å². The van der Waals surface area contributed by atoms with Gasteiger partial charge in [0.2, 0.25) is 21.8 Å². The van der Waals surface area contributed by atoms with Crippen molar-refractivity contribution in [3.8, 4) is 0 Å². The maximum Gasteiger partial charge on any atom is 0.416 e. The molecule has 1 N–H and O–H groups in total. The Morgan fingerprint density at radius 3 is 2.25 bits per heavy atom. The van der Waals surface area contributed by atoms with Crippen LogP contribution in [-0.2, 0) is 32.3 Å². The maximum absolute atomic E-state index is 14.4. The Labute approximate surface area is 208 Å². The smallest absolute Gasteiger partial charge is 0.352 e. The minimum absolute atomic E-state index is 0.0824. The number of amides is 2. The summed E-state index contributed by atoms with van der Waals surface area (Å²) in [7, 11) is -4.21. The molecule has 2 atom stereocenters. The zero-order chi connectivity index (χ0) is 27.3. The Morgan fingerprint density at radius 1 is 1.06 bits per heavy atom. The molecule has 0 aliphatic heterocycles. The Morgan fingerprint density at radius 2 is 1.69 bits per heavy atom. The van der Waals surface area contributed by atoms with Gasteiger partial charge < -0.3 is 10.2 Å². The molecule has 198 valence electrons. The lowest BCUT2D eigenvalue weighted by molar-refractivity contribution is -0.139. The number of sulfonamides is 1. The van der Waals surface area contributed by atoms with Crippen LogP contribution in [0.2, 0.25) is 0 Å². The van der Waals surface area contributed by atoms with E-state index in [0.717, 1.165) is 29.4 Å². The number of nitrogens with zero attached hydrogens (tertiary/aromatic N) is 2. The van der Waals surface area contributed by atoms with Gasteiger partial charge in [0.05, 0.1) is 17.5 Å². The van der Waals surface area contributed by atoms with E-state index in [1.54, 1.807) is 6.92 Å². The van der Waals surface area contributed by atoms with Gasteiger partial charge in [-0.2, -0.15) is 13.2 Å². The molecule has 7 nitrogen and oxygen atoms in total. The molecule has 12 heteroatoms. The van der Waals surface area contributed by atoms with E-state index in [1.165, 1.54) is 31.2 Å². The second-order valence-electron chi connectivity index (χ2n) is 8.42. The minimum Gasteiger partial charge on any atom is -0.352 e. The van der Waals surface area contributed by atoms with Crippen molar-refractivity contribution in [1.82, 2.24) is 10.2 Å². The van der Waals surface area contributed by atoms with E-state index >= 15 is 0 Å². The third-order valence-corrected chi connectivity index (χ3v) is 6.75. The van der Waals surface area contributed by atoms with Crippen LogP contribution in [0, 0.1) is 5.82 Å². The molecule has 36 heavy (non-hydrogen) atoms. The molecule has 2 aromatic rings. The van der Waals surface area contributed by atoms with E-state index in [9.17, 15) is 35.6 Å². The molecular weight excluding hydrogens is 502 g/mol. The van der Waals surface area contributed by atoms with Crippen molar-refractivity contribution in [3.05, 3.63) is 65.5 Å². The van der Waals surface area contributed by atoms with Crippen LogP contribution in [0.4, 0.5) is 23.2 Å². The highest BCUT2D eigenvalue weighted by molar-refractivity contribution is 7.92. The number of benzene rings is 2. The van der Waals surface area contributed by atoms with Gasteiger partial charge in [0.1, 0.15) is 18.4 Å². The molecule has 0 aromatic heterocycles. The van der Waals surface area contributed by atoms with Crippen molar-refractivity contribution in [2.24, 2.45) is 0 Å². The Bertz CT molecular complexity index is 1190. The first-order chi connectivity index (χ1) is 16.6. The van der Waals surface area contributed by atoms with Crippen molar-refractivity contribution in [1.29, 1.82) is 0 Å². The fourth-order valence-electron chi connectivity index (χ4n) is 3.31. The third kappa shape index (κ3) is 7.67. The molecule has 0 bridgehead atoms. The second-order valence-corrected chi connectivity index (χ2v) is 10.3. The van der Waals surface area contributed by atoms with E-state index in [2.05, 4.69) is 5.32 Å². The lowest BCUT2D eigenvalue weighted by Gasteiger charge is -2.32. The topological polar surface area (TPSA) is 86.8 Å². The quantitative estimate of drug-likeness (QED) is 0.471. The van der Waals surface area contributed by atoms with E-state index in [1.807, 2.05) is 6.92 Å². The summed E-state index contributed by atoms with van der Waals surface area (Å²) in [5.74, 6) is -2.07. The SMILES string of the molecule is CC[C@H](C)NC(=O)[C@H](C)N(Cc1ccccc1F)C(=O)CN(c1cccc(C(F)(F)F)c1)S(C)(=O)=O. The van der Waals surface area contributed by atoms with Gasteiger partial charge in [0.25, 0.3) is 0 Å². The first-order valence-corrected chi connectivity index (χ1v) is 13.0. The molecule has 0 saturated carbocycles. The van der Waals surface area contributed by atoms with Crippen molar-refractivity contribution in [2.75, 3.05) is 17.1 Å². The predicted molar refractivity (Wildman–Crippen MR) is 128 cm³/mol. The molecule has 0 aliphatic rings. The molecule has 2 amide bonds. The normalized spacial score (nSPS) is 13.6. The van der Waals surface area contributed by atoms with Crippen LogP contribution in [0.25, 0.3) is 0 Å². The van der Waals surface area contributed by atoms with Gasteiger partial charge in [0.15, 0.2) is 0 Å². The van der Waals surface area contributed by atoms with Crippen molar-refractivity contribution in [3.63, 3.8) is 0 Å². The summed E-state index contributed by atoms with van der Waals surface area (Å²) in [6, 6.07) is 7.77. The minimum atomic E-state index is -4.73. The number of carbonyl (C=O) groups excluding carboxylic acids is 2. The lowest BCUT2D eigenvalue weighted by Crippen LogP contribution is -2.52. The molecule has 0 heterocycles. The van der Waals surface area contributed by atoms with Crippen molar-refractivity contribution < 1.29 is 35.6 Å². The van der Waals surface area contributed by atoms with Gasteiger partial charge in [0, 0.05) is 18.2 Å². The number of anilines is 1. The average Bonchev–Trinajstić information content (AvgIpc) is 2.80. The fraction of sp³-hybridized carbons (Fsp3) is 0.417. The second kappa shape index (κ2) is 11.7. The number of hydrogen-bond acceptors (Lipinski definition) is 4. The summed E-state index contributed by atoms with van der Waals surface area (Å²) in [5.41, 5.74) is -1.38. The number of alkyl halides is 3. The van der Waals surface area contributed by atoms with Gasteiger partial charge in [-0.15, -0.1) is 0 Å². The summed E-state index contributed by atoms with van der Waals surface area (Å²) in [5, 5.41) is 2.72. The number of nitrogens with one attached hydrogen (secondary N) is 1. The van der Waals surface area contributed by atoms with Crippen LogP contribution in [-0.4, -0.2) is 50.0 Å². The van der Waals surface area contributed by atoms with Crippen LogP contribution in [0.15, 0.2) is 48.5 Å². The van der Waals surface area contributed by atoms with Crippen LogP contribution in [0.3, 0.4) is 0 Å². The molecule has 0 unspecified atom stereocenters. The summed E-state index contributed by atoms with van der Waals surface area (Å²) < 4.78 is 79.5. The summed E-state index contributed by atoms with van der Waals surface area (Å²) in [4.78, 5) is 27.2. The molecule has 0 fully saturated rings. The summed E-state index contributed by atoms with van der Waals surface area (Å²) in [6.07, 6.45) is -3.37. The van der Waals surface area contributed by atoms with Crippen LogP contribution in [0.5, 0.6) is 0 Å². The molecule has 2 aromatic carbocycles. The zero-order valence-electron chi connectivity index (χ0n) is 20.3. The van der Waals surface area contributed by atoms with Gasteiger partial charge in [-0.1, -0.05) is 31.2 Å². The molecule has 2 rings (SSSR count). The number of halogens is 4. The maximum atomic E-state index is 14.4. The van der Waals surface area contributed by atoms with Gasteiger partial charge in [-0.25, -0.2) is 12.8 Å². The highest BCUT2D eigenvalue weighted by Crippen LogP contribution is 2.32. The van der Waals surface area contributed by atoms with Crippen molar-refractivity contribution >= 4 is 27.5 Å². The van der Waals surface area contributed by atoms with E-state index in [0.29, 0.717) is 16.8 Å². The Kier molecular flexibility index (Phi) is 9.47. The molecule has 0 aliphatic carbocycles. The Hall–Kier alpha value is -3.15. The van der Waals surface area contributed by atoms with Gasteiger partial charge in [-0.3, -0.25) is 13.9 Å². The van der Waals surface area contributed by atoms with Crippen LogP contribution < -0.4 is 9.62 Å². The molecule has 0 saturated heterocycles. The van der Waals surface area contributed by atoms with Gasteiger partial charge >= 0.3 is 6.18 Å². The predicted octanol–water partition coefficient (Wildman–Crippen LogP) is 3.94. The fourth-order valence-corrected chi connectivity index (χ4v) is 4.15. The highest BCUT2D eigenvalue weighted by Gasteiger charge is 2.34. The largest absolute Gasteiger partial charge is 0.416 e. The van der Waals surface area contributed by atoms with E-state index in [-0.39, 0.29) is 23.8 Å². The molecule has 0 spiro atoms. The summed E-state index contributed by atoms with van der Waals surface area (Å²) >= 11 is 0. The number of rotatable bonds is 10. The molecule has 0 radical (unpaired) electrons.